The molecule has 0 amide bonds. The predicted molar refractivity (Wildman–Crippen MR) is 127 cm³/mol. The predicted octanol–water partition coefficient (Wildman–Crippen LogP) is 4.84. The maximum atomic E-state index is 6.06. The highest BCUT2D eigenvalue weighted by molar-refractivity contribution is 14.1. The van der Waals surface area contributed by atoms with Gasteiger partial charge in [-0.2, -0.15) is 0 Å². The van der Waals surface area contributed by atoms with Gasteiger partial charge in [0.25, 0.3) is 6.29 Å². The molecule has 2 aromatic rings. The summed E-state index contributed by atoms with van der Waals surface area (Å²) < 4.78 is 14.7. The van der Waals surface area contributed by atoms with E-state index in [0.29, 0.717) is 27.6 Å². The third-order valence-electron chi connectivity index (χ3n) is 4.82. The summed E-state index contributed by atoms with van der Waals surface area (Å²) in [5, 5.41) is 1.14. The first-order valence-electron chi connectivity index (χ1n) is 9.64. The number of anilines is 1. The van der Waals surface area contributed by atoms with Gasteiger partial charge in [-0.1, -0.05) is 48.5 Å². The molecule has 1 atom stereocenters. The molecule has 3 aliphatic heterocycles. The van der Waals surface area contributed by atoms with Crippen LogP contribution < -0.4 is 5.73 Å². The molecule has 0 radical (unpaired) electrons. The lowest BCUT2D eigenvalue weighted by atomic mass is 10.1. The monoisotopic (exact) mass is 543 g/mol. The van der Waals surface area contributed by atoms with Gasteiger partial charge in [-0.05, 0) is 52.4 Å². The number of aromatic nitrogens is 4. The van der Waals surface area contributed by atoms with Crippen molar-refractivity contribution in [3.8, 4) is 11.5 Å². The van der Waals surface area contributed by atoms with Crippen LogP contribution in [-0.4, -0.2) is 19.5 Å². The van der Waals surface area contributed by atoms with Crippen LogP contribution in [0.1, 0.15) is 17.4 Å². The Morgan fingerprint density at radius 3 is 2.71 bits per heavy atom. The molecule has 7 nitrogen and oxygen atoms in total. The van der Waals surface area contributed by atoms with Crippen LogP contribution in [0.5, 0.6) is 0 Å². The average Bonchev–Trinajstić information content (AvgIpc) is 3.42. The second-order valence-electron chi connectivity index (χ2n) is 6.88. The molecule has 3 aliphatic rings. The molecule has 2 N–H and O–H groups in total. The molecule has 31 heavy (non-hydrogen) atoms. The van der Waals surface area contributed by atoms with Crippen LogP contribution in [0.15, 0.2) is 77.4 Å². The van der Waals surface area contributed by atoms with Crippen molar-refractivity contribution in [2.45, 2.75) is 24.4 Å². The normalized spacial score (nSPS) is 15.5. The van der Waals surface area contributed by atoms with Crippen LogP contribution in [-0.2, 0) is 22.4 Å². The number of nitrogens with zero attached hydrogens (tertiary/aromatic N) is 4. The quantitative estimate of drug-likeness (QED) is 0.348. The molecule has 0 saturated carbocycles. The Kier molecular flexibility index (Phi) is 5.68. The molecule has 156 valence electrons. The number of thioether (sulfide) groups is 1. The van der Waals surface area contributed by atoms with Gasteiger partial charge < -0.3 is 19.8 Å². The third kappa shape index (κ3) is 4.33. The zero-order valence-electron chi connectivity index (χ0n) is 16.3. The van der Waals surface area contributed by atoms with E-state index in [1.807, 2.05) is 47.0 Å². The first-order chi connectivity index (χ1) is 15.2. The number of fused-ring (bicyclic) bond motifs is 1. The molecule has 2 aromatic carbocycles. The van der Waals surface area contributed by atoms with E-state index in [1.54, 1.807) is 12.6 Å². The summed E-state index contributed by atoms with van der Waals surface area (Å²) in [5.74, 6) is 1.07. The van der Waals surface area contributed by atoms with Crippen molar-refractivity contribution in [1.82, 2.24) is 19.5 Å². The maximum absolute atomic E-state index is 6.06. The summed E-state index contributed by atoms with van der Waals surface area (Å²) in [4.78, 5) is 13.5. The average molecular weight is 543 g/mol. The fourth-order valence-corrected chi connectivity index (χ4v) is 4.59. The van der Waals surface area contributed by atoms with E-state index in [4.69, 9.17) is 15.2 Å². The summed E-state index contributed by atoms with van der Waals surface area (Å²) in [6, 6.07) is 18.3. The van der Waals surface area contributed by atoms with Gasteiger partial charge in [0, 0.05) is 15.7 Å². The van der Waals surface area contributed by atoms with Gasteiger partial charge in [-0.25, -0.2) is 15.0 Å². The Bertz CT molecular complexity index is 1210. The Hall–Kier alpha value is -2.79. The lowest BCUT2D eigenvalue weighted by Crippen LogP contribution is -2.09. The number of hydrogen-bond acceptors (Lipinski definition) is 7. The Morgan fingerprint density at radius 2 is 1.87 bits per heavy atom. The van der Waals surface area contributed by atoms with Crippen molar-refractivity contribution in [3.63, 3.8) is 0 Å². The summed E-state index contributed by atoms with van der Waals surface area (Å²) in [7, 11) is 0. The molecule has 0 saturated heterocycles. The van der Waals surface area contributed by atoms with E-state index in [2.05, 4.69) is 49.7 Å². The zero-order chi connectivity index (χ0) is 21.2. The van der Waals surface area contributed by atoms with E-state index in [9.17, 15) is 0 Å². The number of benzene rings is 2. The second kappa shape index (κ2) is 8.75. The molecule has 3 heterocycles. The van der Waals surface area contributed by atoms with E-state index in [0.717, 1.165) is 22.1 Å². The molecule has 0 aromatic heterocycles. The molecule has 9 heteroatoms. The molecular weight excluding hydrogens is 525 g/mol. The number of imidazole rings is 1. The molecule has 1 unspecified atom stereocenters. The van der Waals surface area contributed by atoms with Gasteiger partial charge in [0.1, 0.15) is 6.26 Å². The van der Waals surface area contributed by atoms with Crippen molar-refractivity contribution in [3.05, 3.63) is 87.0 Å². The Balaban J connectivity index is 1.32. The van der Waals surface area contributed by atoms with Crippen molar-refractivity contribution in [1.29, 1.82) is 0 Å². The first-order valence-corrected chi connectivity index (χ1v) is 11.5. The minimum Gasteiger partial charge on any atom is -0.454 e. The first kappa shape index (κ1) is 20.1. The van der Waals surface area contributed by atoms with Gasteiger partial charge in [0.2, 0.25) is 5.09 Å². The van der Waals surface area contributed by atoms with Crippen LogP contribution in [0.2, 0.25) is 0 Å². The summed E-state index contributed by atoms with van der Waals surface area (Å²) in [5.41, 5.74) is 8.88. The lowest BCUT2D eigenvalue weighted by molar-refractivity contribution is -0.0279. The molecule has 0 spiro atoms. The van der Waals surface area contributed by atoms with Crippen molar-refractivity contribution in [2.24, 2.45) is 0 Å². The Morgan fingerprint density at radius 1 is 1.06 bits per heavy atom. The largest absolute Gasteiger partial charge is 0.454 e. The van der Waals surface area contributed by atoms with E-state index < -0.39 is 6.29 Å². The van der Waals surface area contributed by atoms with Gasteiger partial charge in [-0.15, -0.1) is 0 Å². The maximum Gasteiger partial charge on any atom is 0.268 e. The van der Waals surface area contributed by atoms with Gasteiger partial charge in [0.05, 0.1) is 6.33 Å². The van der Waals surface area contributed by atoms with Gasteiger partial charge in [-0.3, -0.25) is 0 Å². The number of nitrogens with two attached hydrogens (primary N) is 1. The smallest absolute Gasteiger partial charge is 0.268 e. The van der Waals surface area contributed by atoms with Crippen LogP contribution in [0, 0.1) is 3.57 Å². The summed E-state index contributed by atoms with van der Waals surface area (Å²) >= 11 is 3.58. The van der Waals surface area contributed by atoms with E-state index >= 15 is 0 Å². The van der Waals surface area contributed by atoms with Gasteiger partial charge in [0.15, 0.2) is 22.5 Å². The highest BCUT2D eigenvalue weighted by Crippen LogP contribution is 2.39. The van der Waals surface area contributed by atoms with Crippen LogP contribution in [0.4, 0.5) is 5.82 Å². The Labute approximate surface area is 197 Å². The number of nitrogen functional groups attached to an aromatic ring is 1. The standard InChI is InChI=1S/C22H18IN5O2S/c23-16-9-5-4-8-15(16)21-29-12-17(30-21)31-22-26-18-19(24)25-13-28(20(18)27-22)11-10-14-6-2-1-3-7-14/h1-9,12-13,21H,10-11,24H2. The molecule has 0 fully saturated rings. The fourth-order valence-electron chi connectivity index (χ4n) is 3.26. The third-order valence-corrected chi connectivity index (χ3v) is 6.56. The second-order valence-corrected chi connectivity index (χ2v) is 9.02. The summed E-state index contributed by atoms with van der Waals surface area (Å²) in [6.07, 6.45) is 3.71. The van der Waals surface area contributed by atoms with Crippen molar-refractivity contribution in [2.75, 3.05) is 5.73 Å². The van der Waals surface area contributed by atoms with E-state index in [-0.39, 0.29) is 0 Å². The lowest BCUT2D eigenvalue weighted by Gasteiger charge is -2.12. The van der Waals surface area contributed by atoms with E-state index in [1.165, 1.54) is 17.3 Å². The SMILES string of the molecule is Nc1ncn(CCc2ccccc2)c2nc(SC3=COC(c4ccccc4I)O3)nc1-2. The molecule has 5 rings (SSSR count). The zero-order valence-corrected chi connectivity index (χ0v) is 19.3. The van der Waals surface area contributed by atoms with Crippen molar-refractivity contribution < 1.29 is 9.47 Å². The number of halogens is 1. The summed E-state index contributed by atoms with van der Waals surface area (Å²) in [6.45, 7) is 0.730. The molecule has 0 bridgehead atoms. The van der Waals surface area contributed by atoms with Crippen LogP contribution in [0.25, 0.3) is 11.5 Å². The minimum absolute atomic E-state index is 0.361. The van der Waals surface area contributed by atoms with Gasteiger partial charge >= 0.3 is 0 Å². The highest BCUT2D eigenvalue weighted by Gasteiger charge is 2.26. The number of ether oxygens (including phenoxy) is 2. The minimum atomic E-state index is -0.470. The number of rotatable bonds is 6. The number of hydrogen-bond donors (Lipinski definition) is 1. The highest BCUT2D eigenvalue weighted by atomic mass is 127. The molecular formula is C22H18IN5O2S. The van der Waals surface area contributed by atoms with Crippen LogP contribution >= 0.6 is 34.4 Å². The van der Waals surface area contributed by atoms with Crippen molar-refractivity contribution >= 4 is 40.2 Å². The number of aryl methyl sites for hydroxylation is 2. The topological polar surface area (TPSA) is 88.1 Å². The van der Waals surface area contributed by atoms with Crippen LogP contribution in [0.3, 0.4) is 0 Å². The molecule has 0 aliphatic carbocycles. The fraction of sp³-hybridized carbons (Fsp3) is 0.136.